The van der Waals surface area contributed by atoms with Crippen molar-refractivity contribution in [2.24, 2.45) is 0 Å². The first-order chi connectivity index (χ1) is 25.0. The minimum atomic E-state index is -1.02. The molecule has 0 saturated heterocycles. The molecular weight excluding hydrogens is 756 g/mol. The fraction of sp³-hybridized carbons (Fsp3) is 0.714. The Balaban J connectivity index is 0.00000100. The number of rotatable bonds is 28. The third kappa shape index (κ3) is 18.9. The summed E-state index contributed by atoms with van der Waals surface area (Å²) in [6, 6.07) is 7.33. The minimum Gasteiger partial charge on any atom is -0.723 e. The van der Waals surface area contributed by atoms with E-state index < -0.39 is 11.2 Å². The molecule has 0 aliphatic carbocycles. The first-order valence-corrected chi connectivity index (χ1v) is 19.8. The number of ether oxygens (including phenoxy) is 6. The second-order valence-corrected chi connectivity index (χ2v) is 14.0. The van der Waals surface area contributed by atoms with Gasteiger partial charge in [0.15, 0.2) is 23.0 Å². The van der Waals surface area contributed by atoms with Crippen LogP contribution in [0.3, 0.4) is 0 Å². The monoisotopic (exact) mass is 824 g/mol. The van der Waals surface area contributed by atoms with E-state index in [9.17, 15) is 10.5 Å². The summed E-state index contributed by atoms with van der Waals surface area (Å²) in [7, 11) is 0. The molecule has 0 spiro atoms. The molecule has 0 saturated carbocycles. The van der Waals surface area contributed by atoms with Gasteiger partial charge in [-0.1, -0.05) is 80.1 Å². The van der Waals surface area contributed by atoms with Gasteiger partial charge in [-0.3, -0.25) is 0 Å². The molecule has 0 aromatic heterocycles. The Labute approximate surface area is 340 Å². The fourth-order valence-electron chi connectivity index (χ4n) is 4.76. The maximum absolute atomic E-state index is 11.3. The Bertz CT molecular complexity index is 1130. The van der Waals surface area contributed by atoms with Crippen molar-refractivity contribution in [3.8, 4) is 34.5 Å². The topological polar surface area (TPSA) is 120 Å². The van der Waals surface area contributed by atoms with Gasteiger partial charge in [-0.15, -0.1) is 0 Å². The summed E-state index contributed by atoms with van der Waals surface area (Å²) >= 11 is 0. The zero-order valence-electron chi connectivity index (χ0n) is 34.6. The van der Waals surface area contributed by atoms with Crippen molar-refractivity contribution in [3.63, 3.8) is 0 Å². The molecular formula is C42H70O10Zr. The Kier molecular flexibility index (Phi) is 28.2. The molecule has 0 aliphatic rings. The van der Waals surface area contributed by atoms with E-state index in [4.69, 9.17) is 28.4 Å². The summed E-state index contributed by atoms with van der Waals surface area (Å²) in [6.45, 7) is 23.3. The average Bonchev–Trinajstić information content (AvgIpc) is 3.13. The normalized spacial score (nSPS) is 11.2. The quantitative estimate of drug-likeness (QED) is 0.0466. The van der Waals surface area contributed by atoms with E-state index in [1.807, 2.05) is 24.3 Å². The predicted octanol–water partition coefficient (Wildman–Crippen LogP) is 9.50. The zero-order chi connectivity index (χ0) is 38.8. The molecule has 0 bridgehead atoms. The van der Waals surface area contributed by atoms with Crippen LogP contribution in [0.25, 0.3) is 0 Å². The molecule has 0 amide bonds. The van der Waals surface area contributed by atoms with Crippen LogP contribution in [0.2, 0.25) is 0 Å². The van der Waals surface area contributed by atoms with Crippen LogP contribution in [0.1, 0.15) is 157 Å². The minimum absolute atomic E-state index is 0. The Hall–Kier alpha value is -2.04. The molecule has 2 aromatic rings. The summed E-state index contributed by atoms with van der Waals surface area (Å²) in [6.07, 6.45) is 12.0. The van der Waals surface area contributed by atoms with Crippen LogP contribution >= 0.6 is 0 Å². The molecule has 10 nitrogen and oxygen atoms in total. The van der Waals surface area contributed by atoms with Crippen molar-refractivity contribution in [1.82, 2.24) is 0 Å². The second kappa shape index (κ2) is 29.3. The number of hydrogen-bond acceptors (Lipinski definition) is 10. The Morgan fingerprint density at radius 2 is 0.585 bits per heavy atom. The van der Waals surface area contributed by atoms with Gasteiger partial charge in [0, 0.05) is 23.3 Å². The van der Waals surface area contributed by atoms with Crippen molar-refractivity contribution in [2.75, 3.05) is 39.6 Å². The first-order valence-electron chi connectivity index (χ1n) is 19.8. The van der Waals surface area contributed by atoms with E-state index in [1.165, 1.54) is 0 Å². The molecule has 2 rings (SSSR count). The second-order valence-electron chi connectivity index (χ2n) is 14.0. The van der Waals surface area contributed by atoms with Crippen LogP contribution in [0.15, 0.2) is 24.3 Å². The Morgan fingerprint density at radius 3 is 0.792 bits per heavy atom. The van der Waals surface area contributed by atoms with Crippen LogP contribution in [0.4, 0.5) is 0 Å². The standard InChI is InChI=1S/2C21H36O5.Zr/c2*1-6-9-12-23-18-16-20(25-14-11-8-3)19(24-13-10-7-2)15-17(18)21(4,5)26-22;/h2*15-16,22H,6-14H2,1-5H3;/q;;+2/p-2. The summed E-state index contributed by atoms with van der Waals surface area (Å²) in [4.78, 5) is 8.93. The molecule has 2 aromatic carbocycles. The number of hydrogen-bond donors (Lipinski definition) is 0. The van der Waals surface area contributed by atoms with E-state index in [0.717, 1.165) is 77.0 Å². The predicted molar refractivity (Wildman–Crippen MR) is 204 cm³/mol. The van der Waals surface area contributed by atoms with Gasteiger partial charge in [-0.05, 0) is 78.4 Å². The molecule has 0 aliphatic heterocycles. The van der Waals surface area contributed by atoms with Gasteiger partial charge in [-0.25, -0.2) is 0 Å². The average molecular weight is 826 g/mol. The van der Waals surface area contributed by atoms with E-state index in [0.29, 0.717) is 85.3 Å². The van der Waals surface area contributed by atoms with Crippen molar-refractivity contribution in [1.29, 1.82) is 0 Å². The van der Waals surface area contributed by atoms with E-state index >= 15 is 0 Å². The largest absolute Gasteiger partial charge is 2.00 e. The maximum atomic E-state index is 11.3. The summed E-state index contributed by atoms with van der Waals surface area (Å²) in [5.74, 6) is 3.83. The molecule has 11 heteroatoms. The van der Waals surface area contributed by atoms with Crippen LogP contribution in [-0.2, 0) is 47.2 Å². The Morgan fingerprint density at radius 1 is 0.377 bits per heavy atom. The molecule has 302 valence electrons. The van der Waals surface area contributed by atoms with Crippen molar-refractivity contribution < 1.29 is 74.9 Å². The smallest absolute Gasteiger partial charge is 0.723 e. The van der Waals surface area contributed by atoms with Gasteiger partial charge in [0.05, 0.1) is 50.8 Å². The third-order valence-electron chi connectivity index (χ3n) is 8.34. The van der Waals surface area contributed by atoms with Gasteiger partial charge in [0.1, 0.15) is 11.5 Å². The summed E-state index contributed by atoms with van der Waals surface area (Å²) in [5, 5.41) is 22.5. The van der Waals surface area contributed by atoms with Crippen LogP contribution < -0.4 is 38.9 Å². The van der Waals surface area contributed by atoms with Crippen molar-refractivity contribution in [3.05, 3.63) is 35.4 Å². The molecule has 0 radical (unpaired) electrons. The van der Waals surface area contributed by atoms with E-state index in [2.05, 4.69) is 51.3 Å². The first kappa shape index (κ1) is 51.0. The van der Waals surface area contributed by atoms with Gasteiger partial charge < -0.3 is 48.7 Å². The summed E-state index contributed by atoms with van der Waals surface area (Å²) in [5.41, 5.74) is -0.686. The number of benzene rings is 2. The maximum Gasteiger partial charge on any atom is 2.00 e. The molecule has 0 heterocycles. The molecule has 0 N–H and O–H groups in total. The van der Waals surface area contributed by atoms with Crippen molar-refractivity contribution >= 4 is 0 Å². The van der Waals surface area contributed by atoms with Crippen LogP contribution in [0, 0.1) is 0 Å². The van der Waals surface area contributed by atoms with Gasteiger partial charge in [-0.2, -0.15) is 0 Å². The fourth-order valence-corrected chi connectivity index (χ4v) is 4.76. The molecule has 0 fully saturated rings. The van der Waals surface area contributed by atoms with Crippen LogP contribution in [0.5, 0.6) is 34.5 Å². The molecule has 0 unspecified atom stereocenters. The zero-order valence-corrected chi connectivity index (χ0v) is 37.1. The number of unbranched alkanes of at least 4 members (excludes halogenated alkanes) is 6. The molecule has 53 heavy (non-hydrogen) atoms. The van der Waals surface area contributed by atoms with Crippen LogP contribution in [-0.4, -0.2) is 39.6 Å². The van der Waals surface area contributed by atoms with Gasteiger partial charge >= 0.3 is 26.2 Å². The van der Waals surface area contributed by atoms with E-state index in [-0.39, 0.29) is 26.2 Å². The van der Waals surface area contributed by atoms with Gasteiger partial charge in [0.2, 0.25) is 0 Å². The summed E-state index contributed by atoms with van der Waals surface area (Å²) < 4.78 is 35.6. The van der Waals surface area contributed by atoms with Gasteiger partial charge in [0.25, 0.3) is 0 Å². The van der Waals surface area contributed by atoms with E-state index in [1.54, 1.807) is 27.7 Å². The SMILES string of the molecule is CCCCOc1cc(OCCCC)c(C(C)(C)O[O-])cc1OCCCC.CCCCOc1cc(OCCCC)c(C(C)(C)O[O-])cc1OCCCC.[Zr+2]. The van der Waals surface area contributed by atoms with Crippen molar-refractivity contribution in [2.45, 2.75) is 157 Å². The third-order valence-corrected chi connectivity index (χ3v) is 8.34. The molecule has 0 atom stereocenters.